The minimum absolute atomic E-state index is 0.0999. The first-order valence-corrected chi connectivity index (χ1v) is 7.47. The third-order valence-electron chi connectivity index (χ3n) is 4.36. The number of phenolic OH excluding ortho intramolecular Hbond substituents is 1. The van der Waals surface area contributed by atoms with Gasteiger partial charge < -0.3 is 15.7 Å². The van der Waals surface area contributed by atoms with Crippen LogP contribution in [0.2, 0.25) is 0 Å². The Morgan fingerprint density at radius 3 is 2.70 bits per heavy atom. The Bertz CT molecular complexity index is 499. The number of nitrogens with two attached hydrogens (primary N) is 1. The van der Waals surface area contributed by atoms with E-state index in [0.29, 0.717) is 12.6 Å². The van der Waals surface area contributed by atoms with Crippen LogP contribution in [-0.2, 0) is 11.3 Å². The molecule has 2 aliphatic carbocycles. The van der Waals surface area contributed by atoms with E-state index in [-0.39, 0.29) is 23.6 Å². The predicted molar refractivity (Wildman–Crippen MR) is 77.0 cm³/mol. The largest absolute Gasteiger partial charge is 0.508 e. The Balaban J connectivity index is 1.71. The molecule has 0 aliphatic heterocycles. The normalized spacial score (nSPS) is 25.6. The van der Waals surface area contributed by atoms with Crippen molar-refractivity contribution in [2.75, 3.05) is 0 Å². The first-order valence-electron chi connectivity index (χ1n) is 7.47. The van der Waals surface area contributed by atoms with Gasteiger partial charge in [0.15, 0.2) is 0 Å². The molecule has 4 heteroatoms. The maximum atomic E-state index is 12.7. The number of carbonyl (C=O) groups is 1. The minimum atomic E-state index is 0.0999. The molecule has 0 spiro atoms. The molecule has 1 aromatic carbocycles. The molecule has 4 nitrogen and oxygen atoms in total. The molecule has 1 amide bonds. The molecule has 3 N–H and O–H groups in total. The summed E-state index contributed by atoms with van der Waals surface area (Å²) in [6, 6.07) is 7.76. The van der Waals surface area contributed by atoms with Crippen LogP contribution in [0.1, 0.15) is 37.7 Å². The number of nitrogens with zero attached hydrogens (tertiary/aromatic N) is 1. The highest BCUT2D eigenvalue weighted by Crippen LogP contribution is 2.34. The van der Waals surface area contributed by atoms with Gasteiger partial charge in [0.1, 0.15) is 5.75 Å². The molecule has 0 radical (unpaired) electrons. The summed E-state index contributed by atoms with van der Waals surface area (Å²) in [5.41, 5.74) is 6.92. The van der Waals surface area contributed by atoms with Crippen molar-refractivity contribution in [3.63, 3.8) is 0 Å². The maximum Gasteiger partial charge on any atom is 0.226 e. The monoisotopic (exact) mass is 274 g/mol. The molecule has 2 saturated carbocycles. The summed E-state index contributed by atoms with van der Waals surface area (Å²) in [5.74, 6) is 0.611. The molecule has 20 heavy (non-hydrogen) atoms. The lowest BCUT2D eigenvalue weighted by molar-refractivity contribution is -0.136. The topological polar surface area (TPSA) is 66.6 Å². The maximum absolute atomic E-state index is 12.7. The van der Waals surface area contributed by atoms with E-state index in [9.17, 15) is 9.90 Å². The predicted octanol–water partition coefficient (Wildman–Crippen LogP) is 2.01. The zero-order chi connectivity index (χ0) is 14.1. The van der Waals surface area contributed by atoms with Crippen molar-refractivity contribution in [2.45, 2.75) is 50.7 Å². The lowest BCUT2D eigenvalue weighted by atomic mass is 10.1. The smallest absolute Gasteiger partial charge is 0.226 e. The van der Waals surface area contributed by atoms with Crippen LogP contribution in [-0.4, -0.2) is 28.0 Å². The molecular formula is C16H22N2O2. The van der Waals surface area contributed by atoms with Crippen LogP contribution in [0.15, 0.2) is 24.3 Å². The number of carbonyl (C=O) groups excluding carboxylic acids is 1. The van der Waals surface area contributed by atoms with Crippen molar-refractivity contribution >= 4 is 5.91 Å². The van der Waals surface area contributed by atoms with Crippen LogP contribution in [0.4, 0.5) is 0 Å². The second kappa shape index (κ2) is 5.44. The number of amides is 1. The van der Waals surface area contributed by atoms with Crippen molar-refractivity contribution in [1.82, 2.24) is 4.90 Å². The number of hydrogen-bond donors (Lipinski definition) is 2. The Morgan fingerprint density at radius 2 is 2.10 bits per heavy atom. The van der Waals surface area contributed by atoms with Gasteiger partial charge in [-0.15, -0.1) is 0 Å². The standard InChI is InChI=1S/C16H22N2O2/c17-13-5-4-12(9-13)16(20)18(14-6-7-14)10-11-2-1-3-15(19)8-11/h1-3,8,12-14,19H,4-7,9-10,17H2. The zero-order valence-electron chi connectivity index (χ0n) is 11.7. The van der Waals surface area contributed by atoms with E-state index in [0.717, 1.165) is 37.7 Å². The molecule has 0 bridgehead atoms. The molecule has 1 aromatic rings. The number of benzene rings is 1. The first kappa shape index (κ1) is 13.4. The van der Waals surface area contributed by atoms with Gasteiger partial charge in [-0.3, -0.25) is 4.79 Å². The van der Waals surface area contributed by atoms with E-state index >= 15 is 0 Å². The highest BCUT2D eigenvalue weighted by molar-refractivity contribution is 5.80. The second-order valence-electron chi connectivity index (χ2n) is 6.14. The zero-order valence-corrected chi connectivity index (χ0v) is 11.7. The number of aromatic hydroxyl groups is 1. The van der Waals surface area contributed by atoms with Crippen LogP contribution < -0.4 is 5.73 Å². The van der Waals surface area contributed by atoms with Gasteiger partial charge in [0.25, 0.3) is 0 Å². The van der Waals surface area contributed by atoms with E-state index in [1.807, 2.05) is 17.0 Å². The van der Waals surface area contributed by atoms with E-state index < -0.39 is 0 Å². The Labute approximate surface area is 119 Å². The summed E-state index contributed by atoms with van der Waals surface area (Å²) in [5, 5.41) is 9.55. The Kier molecular flexibility index (Phi) is 3.66. The molecular weight excluding hydrogens is 252 g/mol. The molecule has 2 fully saturated rings. The van der Waals surface area contributed by atoms with Gasteiger partial charge in [-0.05, 0) is 49.8 Å². The van der Waals surface area contributed by atoms with Gasteiger partial charge in [-0.2, -0.15) is 0 Å². The molecule has 0 saturated heterocycles. The highest BCUT2D eigenvalue weighted by atomic mass is 16.3. The Morgan fingerprint density at radius 1 is 1.30 bits per heavy atom. The van der Waals surface area contributed by atoms with Gasteiger partial charge >= 0.3 is 0 Å². The third kappa shape index (κ3) is 2.96. The molecule has 2 unspecified atom stereocenters. The molecule has 2 aliphatic rings. The number of hydrogen-bond acceptors (Lipinski definition) is 3. The van der Waals surface area contributed by atoms with E-state index in [1.165, 1.54) is 0 Å². The fourth-order valence-electron chi connectivity index (χ4n) is 3.10. The number of rotatable bonds is 4. The lowest BCUT2D eigenvalue weighted by Gasteiger charge is -2.26. The average Bonchev–Trinajstić information content (AvgIpc) is 3.17. The summed E-state index contributed by atoms with van der Waals surface area (Å²) in [7, 11) is 0. The van der Waals surface area contributed by atoms with E-state index in [4.69, 9.17) is 5.73 Å². The van der Waals surface area contributed by atoms with Crippen LogP contribution >= 0.6 is 0 Å². The summed E-state index contributed by atoms with van der Waals surface area (Å²) in [4.78, 5) is 14.7. The fraction of sp³-hybridized carbons (Fsp3) is 0.562. The first-order chi connectivity index (χ1) is 9.63. The highest BCUT2D eigenvalue weighted by Gasteiger charge is 2.38. The second-order valence-corrected chi connectivity index (χ2v) is 6.14. The fourth-order valence-corrected chi connectivity index (χ4v) is 3.10. The molecule has 0 aromatic heterocycles. The summed E-state index contributed by atoms with van der Waals surface area (Å²) >= 11 is 0. The van der Waals surface area contributed by atoms with Gasteiger partial charge in [0.2, 0.25) is 5.91 Å². The van der Waals surface area contributed by atoms with Gasteiger partial charge in [-0.25, -0.2) is 0 Å². The lowest BCUT2D eigenvalue weighted by Crippen LogP contribution is -2.37. The molecule has 0 heterocycles. The molecule has 3 rings (SSSR count). The Hall–Kier alpha value is -1.55. The van der Waals surface area contributed by atoms with Gasteiger partial charge in [0, 0.05) is 24.5 Å². The van der Waals surface area contributed by atoms with Crippen LogP contribution in [0.3, 0.4) is 0 Å². The molecule has 108 valence electrons. The van der Waals surface area contributed by atoms with Crippen molar-refractivity contribution in [3.05, 3.63) is 29.8 Å². The van der Waals surface area contributed by atoms with Gasteiger partial charge in [0.05, 0.1) is 0 Å². The van der Waals surface area contributed by atoms with Crippen LogP contribution in [0.25, 0.3) is 0 Å². The van der Waals surface area contributed by atoms with Crippen molar-refractivity contribution in [2.24, 2.45) is 11.7 Å². The van der Waals surface area contributed by atoms with Crippen molar-refractivity contribution < 1.29 is 9.90 Å². The van der Waals surface area contributed by atoms with Crippen LogP contribution in [0, 0.1) is 5.92 Å². The van der Waals surface area contributed by atoms with Crippen molar-refractivity contribution in [3.8, 4) is 5.75 Å². The van der Waals surface area contributed by atoms with Crippen LogP contribution in [0.5, 0.6) is 5.75 Å². The van der Waals surface area contributed by atoms with Gasteiger partial charge in [-0.1, -0.05) is 12.1 Å². The SMILES string of the molecule is NC1CCC(C(=O)N(Cc2cccc(O)c2)C2CC2)C1. The summed E-state index contributed by atoms with van der Waals surface area (Å²) in [6.07, 6.45) is 4.90. The van der Waals surface area contributed by atoms with E-state index in [1.54, 1.807) is 12.1 Å². The van der Waals surface area contributed by atoms with Crippen molar-refractivity contribution in [1.29, 1.82) is 0 Å². The summed E-state index contributed by atoms with van der Waals surface area (Å²) < 4.78 is 0. The number of phenols is 1. The van der Waals surface area contributed by atoms with E-state index in [2.05, 4.69) is 0 Å². The molecule has 2 atom stereocenters. The quantitative estimate of drug-likeness (QED) is 0.882. The minimum Gasteiger partial charge on any atom is -0.508 e. The average molecular weight is 274 g/mol. The summed E-state index contributed by atoms with van der Waals surface area (Å²) in [6.45, 7) is 0.601. The third-order valence-corrected chi connectivity index (χ3v) is 4.36.